The molecule has 0 fully saturated rings. The normalized spacial score (nSPS) is 10.9. The Hall–Kier alpha value is -1.84. The molecule has 0 radical (unpaired) electrons. The second-order valence-electron chi connectivity index (χ2n) is 3.23. The molecule has 4 nitrogen and oxygen atoms in total. The maximum Gasteiger partial charge on any atom is 0.217 e. The van der Waals surface area contributed by atoms with Gasteiger partial charge in [-0.3, -0.25) is 10.2 Å². The maximum atomic E-state index is 10.6. The Morgan fingerprint density at radius 3 is 2.53 bits per heavy atom. The van der Waals surface area contributed by atoms with Crippen LogP contribution < -0.4 is 10.7 Å². The van der Waals surface area contributed by atoms with Crippen LogP contribution in [0, 0.1) is 0 Å². The van der Waals surface area contributed by atoms with Crippen molar-refractivity contribution in [2.45, 2.75) is 13.8 Å². The second kappa shape index (κ2) is 5.80. The van der Waals surface area contributed by atoms with Crippen LogP contribution in [-0.2, 0) is 4.79 Å². The van der Waals surface area contributed by atoms with Crippen molar-refractivity contribution in [3.8, 4) is 0 Å². The van der Waals surface area contributed by atoms with Crippen LogP contribution in [0.5, 0.6) is 0 Å². The molecule has 1 rings (SSSR count). The molecule has 0 aliphatic carbocycles. The molecule has 0 aromatic heterocycles. The Morgan fingerprint density at radius 2 is 1.93 bits per heavy atom. The van der Waals surface area contributed by atoms with Gasteiger partial charge >= 0.3 is 0 Å². The van der Waals surface area contributed by atoms with E-state index in [9.17, 15) is 4.79 Å². The number of hydrogen-bond acceptors (Lipinski definition) is 3. The fraction of sp³-hybridized carbons (Fsp3) is 0.273. The highest BCUT2D eigenvalue weighted by atomic mass is 16.1. The lowest BCUT2D eigenvalue weighted by Gasteiger charge is -2.03. The molecule has 15 heavy (non-hydrogen) atoms. The molecule has 0 aliphatic heterocycles. The first kappa shape index (κ1) is 11.2. The lowest BCUT2D eigenvalue weighted by molar-refractivity contribution is -0.118. The molecule has 0 spiro atoms. The first-order chi connectivity index (χ1) is 7.18. The van der Waals surface area contributed by atoms with Gasteiger partial charge in [-0.15, -0.1) is 0 Å². The number of amides is 1. The van der Waals surface area contributed by atoms with Gasteiger partial charge in [0.2, 0.25) is 5.91 Å². The summed E-state index contributed by atoms with van der Waals surface area (Å²) in [6.45, 7) is 3.80. The summed E-state index contributed by atoms with van der Waals surface area (Å²) in [7, 11) is 0. The Balaban J connectivity index is 2.40. The molecule has 0 aliphatic rings. The predicted octanol–water partition coefficient (Wildman–Crippen LogP) is 1.61. The van der Waals surface area contributed by atoms with E-state index < -0.39 is 0 Å². The van der Waals surface area contributed by atoms with Gasteiger partial charge in [0.1, 0.15) is 0 Å². The Bertz CT molecular complexity index is 346. The first-order valence-electron chi connectivity index (χ1n) is 4.77. The molecule has 0 atom stereocenters. The number of nitrogens with one attached hydrogen (secondary N) is 2. The summed E-state index contributed by atoms with van der Waals surface area (Å²) >= 11 is 0. The Kier molecular flexibility index (Phi) is 4.34. The van der Waals surface area contributed by atoms with Gasteiger partial charge in [-0.25, -0.2) is 0 Å². The monoisotopic (exact) mass is 205 g/mol. The number of nitrogens with zero attached hydrogens (tertiary/aromatic N) is 1. The summed E-state index contributed by atoms with van der Waals surface area (Å²) in [5.41, 5.74) is 4.66. The van der Waals surface area contributed by atoms with Gasteiger partial charge in [0, 0.05) is 6.92 Å². The van der Waals surface area contributed by atoms with Crippen LogP contribution >= 0.6 is 0 Å². The molecule has 1 aromatic carbocycles. The summed E-state index contributed by atoms with van der Waals surface area (Å²) in [5.74, 6) is -0.0516. The van der Waals surface area contributed by atoms with Crippen LogP contribution in [0.2, 0.25) is 0 Å². The van der Waals surface area contributed by atoms with Crippen molar-refractivity contribution in [3.63, 3.8) is 0 Å². The molecule has 1 amide bonds. The molecular formula is C11H15N3O. The third-order valence-corrected chi connectivity index (χ3v) is 1.74. The Morgan fingerprint density at radius 1 is 1.27 bits per heavy atom. The summed E-state index contributed by atoms with van der Waals surface area (Å²) in [6, 6.07) is 9.66. The molecule has 2 N–H and O–H groups in total. The summed E-state index contributed by atoms with van der Waals surface area (Å²) in [5, 5.41) is 6.79. The van der Waals surface area contributed by atoms with E-state index in [4.69, 9.17) is 0 Å². The molecule has 1 aromatic rings. The van der Waals surface area contributed by atoms with Crippen molar-refractivity contribution in [1.82, 2.24) is 5.32 Å². The predicted molar refractivity (Wildman–Crippen MR) is 61.9 cm³/mol. The highest BCUT2D eigenvalue weighted by molar-refractivity contribution is 5.88. The van der Waals surface area contributed by atoms with Gasteiger partial charge in [-0.1, -0.05) is 18.2 Å². The van der Waals surface area contributed by atoms with Crippen molar-refractivity contribution in [3.05, 3.63) is 30.3 Å². The highest BCUT2D eigenvalue weighted by Gasteiger charge is 1.93. The average molecular weight is 205 g/mol. The van der Waals surface area contributed by atoms with Crippen molar-refractivity contribution >= 4 is 17.3 Å². The zero-order valence-corrected chi connectivity index (χ0v) is 8.95. The van der Waals surface area contributed by atoms with Gasteiger partial charge in [0.05, 0.1) is 17.9 Å². The van der Waals surface area contributed by atoms with E-state index in [2.05, 4.69) is 15.8 Å². The van der Waals surface area contributed by atoms with Crippen LogP contribution in [0.25, 0.3) is 0 Å². The van der Waals surface area contributed by atoms with Crippen LogP contribution in [0.3, 0.4) is 0 Å². The van der Waals surface area contributed by atoms with Crippen molar-refractivity contribution in [2.75, 3.05) is 12.0 Å². The second-order valence-corrected chi connectivity index (χ2v) is 3.23. The van der Waals surface area contributed by atoms with Gasteiger partial charge in [0.15, 0.2) is 0 Å². The van der Waals surface area contributed by atoms with Crippen LogP contribution in [-0.4, -0.2) is 18.2 Å². The van der Waals surface area contributed by atoms with Gasteiger partial charge in [-0.2, -0.15) is 5.10 Å². The van der Waals surface area contributed by atoms with E-state index in [-0.39, 0.29) is 5.91 Å². The Labute approximate surface area is 89.4 Å². The lowest BCUT2D eigenvalue weighted by Crippen LogP contribution is -2.26. The molecule has 4 heteroatoms. The maximum absolute atomic E-state index is 10.6. The number of carbonyl (C=O) groups is 1. The van der Waals surface area contributed by atoms with Gasteiger partial charge in [-0.05, 0) is 19.1 Å². The summed E-state index contributed by atoms with van der Waals surface area (Å²) in [6.07, 6.45) is 0. The number of anilines is 1. The van der Waals surface area contributed by atoms with E-state index >= 15 is 0 Å². The highest BCUT2D eigenvalue weighted by Crippen LogP contribution is 2.04. The van der Waals surface area contributed by atoms with Gasteiger partial charge < -0.3 is 5.32 Å². The molecule has 0 unspecified atom stereocenters. The lowest BCUT2D eigenvalue weighted by atomic mass is 10.3. The standard InChI is InChI=1S/C11H15N3O/c1-9(8-12-10(2)15)13-14-11-6-4-3-5-7-11/h3-7,14H,8H2,1-2H3,(H,12,15)/b13-9-. The van der Waals surface area contributed by atoms with Crippen LogP contribution in [0.15, 0.2) is 35.4 Å². The van der Waals surface area contributed by atoms with Crippen LogP contribution in [0.4, 0.5) is 5.69 Å². The van der Waals surface area contributed by atoms with Crippen molar-refractivity contribution in [2.24, 2.45) is 5.10 Å². The zero-order valence-electron chi connectivity index (χ0n) is 8.95. The van der Waals surface area contributed by atoms with Gasteiger partial charge in [0.25, 0.3) is 0 Å². The minimum atomic E-state index is -0.0516. The number of benzene rings is 1. The molecule has 0 saturated heterocycles. The number of rotatable bonds is 4. The third-order valence-electron chi connectivity index (χ3n) is 1.74. The number of hydrazone groups is 1. The van der Waals surface area contributed by atoms with E-state index in [0.29, 0.717) is 6.54 Å². The third kappa shape index (κ3) is 4.81. The fourth-order valence-corrected chi connectivity index (χ4v) is 0.965. The molecule has 0 bridgehead atoms. The SMILES string of the molecule is CC(=O)NC/C(C)=N\Nc1ccccc1. The summed E-state index contributed by atoms with van der Waals surface area (Å²) in [4.78, 5) is 10.6. The quantitative estimate of drug-likeness (QED) is 0.579. The summed E-state index contributed by atoms with van der Waals surface area (Å²) < 4.78 is 0. The van der Waals surface area contributed by atoms with Crippen LogP contribution in [0.1, 0.15) is 13.8 Å². The average Bonchev–Trinajstić information content (AvgIpc) is 2.25. The fourth-order valence-electron chi connectivity index (χ4n) is 0.965. The number of carbonyl (C=O) groups excluding carboxylic acids is 1. The van der Waals surface area contributed by atoms with E-state index in [0.717, 1.165) is 11.4 Å². The first-order valence-corrected chi connectivity index (χ1v) is 4.77. The topological polar surface area (TPSA) is 53.5 Å². The van der Waals surface area contributed by atoms with E-state index in [1.54, 1.807) is 0 Å². The number of hydrogen-bond donors (Lipinski definition) is 2. The van der Waals surface area contributed by atoms with Crippen molar-refractivity contribution < 1.29 is 4.79 Å². The van der Waals surface area contributed by atoms with Crippen molar-refractivity contribution in [1.29, 1.82) is 0 Å². The molecular weight excluding hydrogens is 190 g/mol. The minimum absolute atomic E-state index is 0.0516. The number of para-hydroxylation sites is 1. The van der Waals surface area contributed by atoms with E-state index in [1.807, 2.05) is 37.3 Å². The zero-order chi connectivity index (χ0) is 11.1. The smallest absolute Gasteiger partial charge is 0.217 e. The largest absolute Gasteiger partial charge is 0.351 e. The molecule has 0 saturated carbocycles. The molecule has 80 valence electrons. The minimum Gasteiger partial charge on any atom is -0.351 e. The molecule has 0 heterocycles. The van der Waals surface area contributed by atoms with E-state index in [1.165, 1.54) is 6.92 Å².